The number of hydroxylamine groups is 2. The first kappa shape index (κ1) is 18.4. The van der Waals surface area contributed by atoms with Crippen molar-refractivity contribution in [3.05, 3.63) is 48.0 Å². The summed E-state index contributed by atoms with van der Waals surface area (Å²) in [6.07, 6.45) is 2.94. The summed E-state index contributed by atoms with van der Waals surface area (Å²) in [6, 6.07) is 6.26. The minimum Gasteiger partial charge on any atom is -0.275 e. The molecule has 0 spiro atoms. The molecule has 1 aliphatic rings. The molecule has 0 radical (unpaired) electrons. The Balaban J connectivity index is 1.96. The van der Waals surface area contributed by atoms with E-state index in [1.165, 1.54) is 20.2 Å². The lowest BCUT2D eigenvalue weighted by Crippen LogP contribution is -2.42. The Morgan fingerprint density at radius 3 is 2.73 bits per heavy atom. The standard InChI is InChI=1S/C19H21F2N3O2/c1-24(26-2)18(25)19(7-6-15(20)12-19)11-14-10-13(4-5-16(14)21)17-22-8-3-9-23-17/h3-5,8-10,15H,6-7,11-12H2,1-2H3. The predicted octanol–water partition coefficient (Wildman–Crippen LogP) is 3.35. The van der Waals surface area contributed by atoms with Crippen molar-refractivity contribution in [2.45, 2.75) is 31.9 Å². The van der Waals surface area contributed by atoms with Crippen LogP contribution in [0.3, 0.4) is 0 Å². The Morgan fingerprint density at radius 2 is 2.12 bits per heavy atom. The number of carbonyl (C=O) groups is 1. The Kier molecular flexibility index (Phi) is 5.27. The van der Waals surface area contributed by atoms with E-state index in [9.17, 15) is 13.6 Å². The Bertz CT molecular complexity index is 788. The summed E-state index contributed by atoms with van der Waals surface area (Å²) in [7, 11) is 2.86. The quantitative estimate of drug-likeness (QED) is 0.767. The zero-order chi connectivity index (χ0) is 18.7. The van der Waals surface area contributed by atoms with Gasteiger partial charge in [0.25, 0.3) is 5.91 Å². The van der Waals surface area contributed by atoms with E-state index in [-0.39, 0.29) is 25.2 Å². The van der Waals surface area contributed by atoms with Crippen molar-refractivity contribution in [1.29, 1.82) is 0 Å². The molecule has 0 bridgehead atoms. The second-order valence-electron chi connectivity index (χ2n) is 6.66. The molecule has 1 fully saturated rings. The molecule has 1 aromatic heterocycles. The monoisotopic (exact) mass is 361 g/mol. The van der Waals surface area contributed by atoms with Gasteiger partial charge in [-0.15, -0.1) is 0 Å². The Morgan fingerprint density at radius 1 is 1.38 bits per heavy atom. The summed E-state index contributed by atoms with van der Waals surface area (Å²) in [5.41, 5.74) is -0.0114. The third-order valence-corrected chi connectivity index (χ3v) is 4.96. The Hall–Kier alpha value is -2.41. The smallest absolute Gasteiger partial charge is 0.252 e. The fraction of sp³-hybridized carbons (Fsp3) is 0.421. The third-order valence-electron chi connectivity index (χ3n) is 4.96. The van der Waals surface area contributed by atoms with Gasteiger partial charge in [-0.25, -0.2) is 23.8 Å². The minimum absolute atomic E-state index is 0.0606. The van der Waals surface area contributed by atoms with Crippen molar-refractivity contribution >= 4 is 5.91 Å². The number of amides is 1. The molecule has 7 heteroatoms. The maximum Gasteiger partial charge on any atom is 0.252 e. The molecule has 0 N–H and O–H groups in total. The van der Waals surface area contributed by atoms with Crippen LogP contribution in [0.15, 0.2) is 36.7 Å². The summed E-state index contributed by atoms with van der Waals surface area (Å²) in [5.74, 6) is -0.293. The molecular weight excluding hydrogens is 340 g/mol. The number of hydrogen-bond donors (Lipinski definition) is 0. The maximum absolute atomic E-state index is 14.5. The van der Waals surface area contributed by atoms with Crippen molar-refractivity contribution < 1.29 is 18.4 Å². The van der Waals surface area contributed by atoms with Crippen molar-refractivity contribution in [1.82, 2.24) is 15.0 Å². The molecule has 2 unspecified atom stereocenters. The van der Waals surface area contributed by atoms with Gasteiger partial charge in [-0.2, -0.15) is 0 Å². The van der Waals surface area contributed by atoms with Gasteiger partial charge in [-0.1, -0.05) is 0 Å². The zero-order valence-electron chi connectivity index (χ0n) is 14.8. The highest BCUT2D eigenvalue weighted by Gasteiger charge is 2.47. The molecule has 2 atom stereocenters. The number of nitrogens with zero attached hydrogens (tertiary/aromatic N) is 3. The molecule has 1 aliphatic carbocycles. The van der Waals surface area contributed by atoms with Gasteiger partial charge in [-0.05, 0) is 55.5 Å². The SMILES string of the molecule is CON(C)C(=O)C1(Cc2cc(-c3ncccn3)ccc2F)CCC(F)C1. The van der Waals surface area contributed by atoms with Gasteiger partial charge < -0.3 is 0 Å². The van der Waals surface area contributed by atoms with Gasteiger partial charge in [-0.3, -0.25) is 9.63 Å². The second-order valence-corrected chi connectivity index (χ2v) is 6.66. The lowest BCUT2D eigenvalue weighted by Gasteiger charge is -2.31. The highest BCUT2D eigenvalue weighted by molar-refractivity contribution is 5.82. The first-order valence-corrected chi connectivity index (χ1v) is 8.47. The van der Waals surface area contributed by atoms with Crippen molar-refractivity contribution in [3.8, 4) is 11.4 Å². The topological polar surface area (TPSA) is 55.3 Å². The van der Waals surface area contributed by atoms with Crippen LogP contribution >= 0.6 is 0 Å². The van der Waals surface area contributed by atoms with E-state index >= 15 is 0 Å². The number of aromatic nitrogens is 2. The highest BCUT2D eigenvalue weighted by atomic mass is 19.1. The van der Waals surface area contributed by atoms with Crippen LogP contribution in [-0.4, -0.2) is 41.3 Å². The largest absolute Gasteiger partial charge is 0.275 e. The average Bonchev–Trinajstić information content (AvgIpc) is 3.04. The van der Waals surface area contributed by atoms with E-state index in [4.69, 9.17) is 4.84 Å². The molecule has 0 aliphatic heterocycles. The molecule has 5 nitrogen and oxygen atoms in total. The maximum atomic E-state index is 14.5. The minimum atomic E-state index is -1.08. The lowest BCUT2D eigenvalue weighted by atomic mass is 9.78. The molecule has 3 rings (SSSR count). The molecule has 138 valence electrons. The van der Waals surface area contributed by atoms with Crippen molar-refractivity contribution in [3.63, 3.8) is 0 Å². The number of rotatable bonds is 5. The van der Waals surface area contributed by atoms with E-state index in [0.717, 1.165) is 5.06 Å². The zero-order valence-corrected chi connectivity index (χ0v) is 14.8. The lowest BCUT2D eigenvalue weighted by molar-refractivity contribution is -0.180. The molecule has 26 heavy (non-hydrogen) atoms. The highest BCUT2D eigenvalue weighted by Crippen LogP contribution is 2.44. The third kappa shape index (κ3) is 3.58. The summed E-state index contributed by atoms with van der Waals surface area (Å²) in [6.45, 7) is 0. The van der Waals surface area contributed by atoms with Crippen LogP contribution in [-0.2, 0) is 16.1 Å². The van der Waals surface area contributed by atoms with Crippen molar-refractivity contribution in [2.24, 2.45) is 5.41 Å². The number of alkyl halides is 1. The fourth-order valence-corrected chi connectivity index (χ4v) is 3.57. The van der Waals surface area contributed by atoms with Crippen LogP contribution in [0.1, 0.15) is 24.8 Å². The van der Waals surface area contributed by atoms with Gasteiger partial charge in [0.1, 0.15) is 12.0 Å². The molecule has 1 saturated carbocycles. The van der Waals surface area contributed by atoms with Gasteiger partial charge in [0.05, 0.1) is 12.5 Å². The van der Waals surface area contributed by atoms with Crippen LogP contribution in [0.2, 0.25) is 0 Å². The molecule has 2 aromatic rings. The van der Waals surface area contributed by atoms with Crippen LogP contribution in [0.4, 0.5) is 8.78 Å². The van der Waals surface area contributed by atoms with E-state index < -0.39 is 17.4 Å². The van der Waals surface area contributed by atoms with Crippen molar-refractivity contribution in [2.75, 3.05) is 14.2 Å². The molecular formula is C19H21F2N3O2. The molecule has 1 amide bonds. The summed E-state index contributed by atoms with van der Waals surface area (Å²) in [5, 5.41) is 1.10. The van der Waals surface area contributed by atoms with Gasteiger partial charge >= 0.3 is 0 Å². The first-order valence-electron chi connectivity index (χ1n) is 8.47. The number of benzene rings is 1. The van der Waals surface area contributed by atoms with E-state index in [0.29, 0.717) is 23.4 Å². The second kappa shape index (κ2) is 7.45. The van der Waals surface area contributed by atoms with Crippen LogP contribution in [0, 0.1) is 11.2 Å². The Labute approximate surface area is 151 Å². The molecule has 1 heterocycles. The predicted molar refractivity (Wildman–Crippen MR) is 92.1 cm³/mol. The normalized spacial score (nSPS) is 22.4. The van der Waals surface area contributed by atoms with E-state index in [1.54, 1.807) is 30.6 Å². The van der Waals surface area contributed by atoms with E-state index in [2.05, 4.69) is 9.97 Å². The van der Waals surface area contributed by atoms with Crippen LogP contribution < -0.4 is 0 Å². The van der Waals surface area contributed by atoms with Gasteiger partial charge in [0.15, 0.2) is 5.82 Å². The van der Waals surface area contributed by atoms with Crippen LogP contribution in [0.5, 0.6) is 0 Å². The average molecular weight is 361 g/mol. The summed E-state index contributed by atoms with van der Waals surface area (Å²) >= 11 is 0. The summed E-state index contributed by atoms with van der Waals surface area (Å²) in [4.78, 5) is 26.1. The van der Waals surface area contributed by atoms with Gasteiger partial charge in [0.2, 0.25) is 0 Å². The van der Waals surface area contributed by atoms with Gasteiger partial charge in [0, 0.05) is 25.0 Å². The summed E-state index contributed by atoms with van der Waals surface area (Å²) < 4.78 is 28.4. The van der Waals surface area contributed by atoms with E-state index in [1.807, 2.05) is 0 Å². The fourth-order valence-electron chi connectivity index (χ4n) is 3.57. The number of hydrogen-bond acceptors (Lipinski definition) is 4. The number of halogens is 2. The molecule has 1 aromatic carbocycles. The molecule has 0 saturated heterocycles. The first-order chi connectivity index (χ1) is 12.4. The number of carbonyl (C=O) groups excluding carboxylic acids is 1. The van der Waals surface area contributed by atoms with Crippen LogP contribution in [0.25, 0.3) is 11.4 Å².